The Morgan fingerprint density at radius 1 is 1.25 bits per heavy atom. The first-order valence-electron chi connectivity index (χ1n) is 9.63. The zero-order valence-electron chi connectivity index (χ0n) is 16.5. The molecule has 28 heavy (non-hydrogen) atoms. The summed E-state index contributed by atoms with van der Waals surface area (Å²) in [6.45, 7) is 4.39. The number of aliphatic carboxylic acids is 1. The van der Waals surface area contributed by atoms with Crippen molar-refractivity contribution in [1.29, 1.82) is 0 Å². The number of rotatable bonds is 6. The predicted octanol–water partition coefficient (Wildman–Crippen LogP) is 2.05. The number of hydrogen-bond donors (Lipinski definition) is 1. The molecule has 2 aliphatic rings. The van der Waals surface area contributed by atoms with Gasteiger partial charge in [0.15, 0.2) is 0 Å². The fourth-order valence-electron chi connectivity index (χ4n) is 4.17. The van der Waals surface area contributed by atoms with Gasteiger partial charge < -0.3 is 10.0 Å². The molecule has 3 rings (SSSR count). The highest BCUT2D eigenvalue weighted by molar-refractivity contribution is 7.89. The molecule has 0 unspecified atom stereocenters. The Morgan fingerprint density at radius 3 is 2.54 bits per heavy atom. The minimum Gasteiger partial charge on any atom is -0.480 e. The summed E-state index contributed by atoms with van der Waals surface area (Å²) in [5.41, 5.74) is 2.21. The number of fused-ring (bicyclic) bond motifs is 1. The number of halogens is 1. The van der Waals surface area contributed by atoms with E-state index < -0.39 is 16.0 Å². The maximum Gasteiger partial charge on any atom is 0.317 e. The van der Waals surface area contributed by atoms with Crippen LogP contribution in [0.5, 0.6) is 0 Å². The van der Waals surface area contributed by atoms with Crippen LogP contribution in [-0.4, -0.2) is 74.5 Å². The monoisotopic (exact) mass is 431 g/mol. The van der Waals surface area contributed by atoms with E-state index in [1.54, 1.807) is 16.4 Å². The number of likely N-dealkylation sites (N-methyl/N-ethyl adjacent to an activating group) is 1. The molecular formula is C19H30ClN3O4S. The number of carbonyl (C=O) groups is 1. The topological polar surface area (TPSA) is 81.2 Å². The van der Waals surface area contributed by atoms with E-state index >= 15 is 0 Å². The van der Waals surface area contributed by atoms with E-state index in [1.165, 1.54) is 5.56 Å². The highest BCUT2D eigenvalue weighted by Crippen LogP contribution is 2.31. The number of carboxylic acid groups (broad SMARTS) is 1. The Hall–Kier alpha value is -1.35. The second kappa shape index (κ2) is 9.43. The summed E-state index contributed by atoms with van der Waals surface area (Å²) in [6, 6.07) is 5.59. The quantitative estimate of drug-likeness (QED) is 0.742. The van der Waals surface area contributed by atoms with Crippen molar-refractivity contribution < 1.29 is 18.3 Å². The SMILES string of the molecule is CCN(CC(=O)O)C1CCN(S(=O)(=O)c2ccc3c(c2)N(C)CCC3)CC1.Cl. The molecular weight excluding hydrogens is 402 g/mol. The van der Waals surface area contributed by atoms with Crippen molar-refractivity contribution in [3.8, 4) is 0 Å². The molecule has 0 saturated carbocycles. The van der Waals surface area contributed by atoms with Crippen LogP contribution < -0.4 is 4.90 Å². The van der Waals surface area contributed by atoms with Gasteiger partial charge in [-0.25, -0.2) is 8.42 Å². The van der Waals surface area contributed by atoms with Gasteiger partial charge >= 0.3 is 5.97 Å². The van der Waals surface area contributed by atoms with Gasteiger partial charge in [-0.15, -0.1) is 12.4 Å². The maximum atomic E-state index is 13.1. The van der Waals surface area contributed by atoms with Crippen molar-refractivity contribution in [1.82, 2.24) is 9.21 Å². The maximum absolute atomic E-state index is 13.1. The predicted molar refractivity (Wildman–Crippen MR) is 112 cm³/mol. The number of carboxylic acids is 1. The lowest BCUT2D eigenvalue weighted by Crippen LogP contribution is -2.48. The zero-order valence-corrected chi connectivity index (χ0v) is 18.1. The molecule has 1 N–H and O–H groups in total. The highest BCUT2D eigenvalue weighted by Gasteiger charge is 2.32. The van der Waals surface area contributed by atoms with Crippen LogP contribution in [0, 0.1) is 0 Å². The molecule has 0 bridgehead atoms. The number of anilines is 1. The molecule has 0 aromatic heterocycles. The van der Waals surface area contributed by atoms with E-state index in [1.807, 2.05) is 24.9 Å². The fraction of sp³-hybridized carbons (Fsp3) is 0.632. The number of benzene rings is 1. The van der Waals surface area contributed by atoms with Gasteiger partial charge in [0.05, 0.1) is 11.4 Å². The molecule has 0 spiro atoms. The summed E-state index contributed by atoms with van der Waals surface area (Å²) < 4.78 is 27.8. The van der Waals surface area contributed by atoms with Gasteiger partial charge in [0.1, 0.15) is 0 Å². The van der Waals surface area contributed by atoms with Crippen molar-refractivity contribution in [2.75, 3.05) is 44.7 Å². The van der Waals surface area contributed by atoms with Crippen LogP contribution in [-0.2, 0) is 21.2 Å². The smallest absolute Gasteiger partial charge is 0.317 e. The molecule has 2 aliphatic heterocycles. The minimum atomic E-state index is -3.53. The lowest BCUT2D eigenvalue weighted by molar-refractivity contribution is -0.139. The van der Waals surface area contributed by atoms with Crippen LogP contribution in [0.1, 0.15) is 31.7 Å². The van der Waals surface area contributed by atoms with Gasteiger partial charge in [-0.05, 0) is 49.9 Å². The molecule has 2 heterocycles. The van der Waals surface area contributed by atoms with E-state index in [0.29, 0.717) is 37.4 Å². The number of sulfonamides is 1. The largest absolute Gasteiger partial charge is 0.480 e. The zero-order chi connectivity index (χ0) is 19.6. The summed E-state index contributed by atoms with van der Waals surface area (Å²) >= 11 is 0. The van der Waals surface area contributed by atoms with Crippen LogP contribution in [0.3, 0.4) is 0 Å². The minimum absolute atomic E-state index is 0. The van der Waals surface area contributed by atoms with Crippen molar-refractivity contribution in [3.05, 3.63) is 23.8 Å². The van der Waals surface area contributed by atoms with Gasteiger partial charge in [0, 0.05) is 38.4 Å². The van der Waals surface area contributed by atoms with Gasteiger partial charge in [0.25, 0.3) is 0 Å². The molecule has 1 saturated heterocycles. The molecule has 9 heteroatoms. The normalized spacial score (nSPS) is 18.6. The van der Waals surface area contributed by atoms with Crippen molar-refractivity contribution >= 4 is 34.1 Å². The van der Waals surface area contributed by atoms with Crippen LogP contribution >= 0.6 is 12.4 Å². The standard InChI is InChI=1S/C19H29N3O4S.ClH/c1-3-21(14-19(23)24)16-8-11-22(12-9-16)27(25,26)17-7-6-15-5-4-10-20(2)18(15)13-17;/h6-7,13,16H,3-5,8-12,14H2,1-2H3,(H,23,24);1H. The average molecular weight is 432 g/mol. The van der Waals surface area contributed by atoms with Gasteiger partial charge in [-0.2, -0.15) is 4.31 Å². The third-order valence-electron chi connectivity index (χ3n) is 5.73. The summed E-state index contributed by atoms with van der Waals surface area (Å²) in [7, 11) is -1.52. The Balaban J connectivity index is 0.00000280. The highest BCUT2D eigenvalue weighted by atomic mass is 35.5. The molecule has 1 aromatic carbocycles. The molecule has 158 valence electrons. The number of piperidine rings is 1. The molecule has 1 aromatic rings. The average Bonchev–Trinajstić information content (AvgIpc) is 2.66. The molecule has 0 radical (unpaired) electrons. The van der Waals surface area contributed by atoms with Crippen molar-refractivity contribution in [2.24, 2.45) is 0 Å². The number of nitrogens with zero attached hydrogens (tertiary/aromatic N) is 3. The Morgan fingerprint density at radius 2 is 1.93 bits per heavy atom. The van der Waals surface area contributed by atoms with E-state index in [4.69, 9.17) is 5.11 Å². The summed E-state index contributed by atoms with van der Waals surface area (Å²) in [6.07, 6.45) is 3.39. The first-order valence-corrected chi connectivity index (χ1v) is 11.1. The third-order valence-corrected chi connectivity index (χ3v) is 7.62. The number of hydrogen-bond acceptors (Lipinski definition) is 5. The van der Waals surface area contributed by atoms with Gasteiger partial charge in [0.2, 0.25) is 10.0 Å². The van der Waals surface area contributed by atoms with Gasteiger partial charge in [-0.3, -0.25) is 9.69 Å². The lowest BCUT2D eigenvalue weighted by atomic mass is 10.0. The van der Waals surface area contributed by atoms with Crippen molar-refractivity contribution in [3.63, 3.8) is 0 Å². The van der Waals surface area contributed by atoms with E-state index in [2.05, 4.69) is 4.90 Å². The van der Waals surface area contributed by atoms with Crippen LogP contribution in [0.25, 0.3) is 0 Å². The van der Waals surface area contributed by atoms with E-state index in [-0.39, 0.29) is 25.0 Å². The molecule has 7 nitrogen and oxygen atoms in total. The summed E-state index contributed by atoms with van der Waals surface area (Å²) in [4.78, 5) is 15.4. The van der Waals surface area contributed by atoms with Crippen LogP contribution in [0.2, 0.25) is 0 Å². The van der Waals surface area contributed by atoms with Gasteiger partial charge in [-0.1, -0.05) is 13.0 Å². The van der Waals surface area contributed by atoms with E-state index in [0.717, 1.165) is 25.1 Å². The Bertz CT molecular complexity index is 794. The van der Waals surface area contributed by atoms with Crippen LogP contribution in [0.4, 0.5) is 5.69 Å². The second-order valence-corrected chi connectivity index (χ2v) is 9.35. The summed E-state index contributed by atoms with van der Waals surface area (Å²) in [5, 5.41) is 9.04. The van der Waals surface area contributed by atoms with Crippen molar-refractivity contribution in [2.45, 2.75) is 43.5 Å². The fourth-order valence-corrected chi connectivity index (χ4v) is 5.66. The Kier molecular flexibility index (Phi) is 7.73. The molecule has 0 amide bonds. The first-order chi connectivity index (χ1) is 12.8. The molecule has 0 atom stereocenters. The first kappa shape index (κ1) is 22.9. The van der Waals surface area contributed by atoms with Crippen LogP contribution in [0.15, 0.2) is 23.1 Å². The molecule has 0 aliphatic carbocycles. The second-order valence-electron chi connectivity index (χ2n) is 7.41. The number of aryl methyl sites for hydroxylation is 1. The van der Waals surface area contributed by atoms with E-state index in [9.17, 15) is 13.2 Å². The Labute approximate surface area is 173 Å². The molecule has 1 fully saturated rings. The summed E-state index contributed by atoms with van der Waals surface area (Å²) in [5.74, 6) is -0.843. The lowest BCUT2D eigenvalue weighted by Gasteiger charge is -2.37. The third kappa shape index (κ3) is 4.79.